The van der Waals surface area contributed by atoms with Crippen molar-refractivity contribution in [2.24, 2.45) is 0 Å². The molecule has 0 radical (unpaired) electrons. The van der Waals surface area contributed by atoms with Gasteiger partial charge in [0, 0.05) is 35.6 Å². The molecular formula is C23H21F3N4O. The normalized spacial score (nSPS) is 18.4. The molecular weight excluding hydrogens is 405 g/mol. The van der Waals surface area contributed by atoms with Crippen molar-refractivity contribution in [3.63, 3.8) is 0 Å². The minimum absolute atomic E-state index is 0.0578. The molecule has 2 atom stereocenters. The molecule has 2 aromatic heterocycles. The van der Waals surface area contributed by atoms with Crippen molar-refractivity contribution in [1.29, 1.82) is 0 Å². The highest BCUT2D eigenvalue weighted by Crippen LogP contribution is 2.35. The van der Waals surface area contributed by atoms with E-state index in [2.05, 4.69) is 15.4 Å². The number of aromatic nitrogens is 3. The van der Waals surface area contributed by atoms with E-state index in [9.17, 15) is 18.0 Å². The van der Waals surface area contributed by atoms with Crippen LogP contribution >= 0.6 is 0 Å². The first-order valence-electron chi connectivity index (χ1n) is 9.87. The number of nitrogens with zero attached hydrogens (tertiary/aromatic N) is 3. The third kappa shape index (κ3) is 4.23. The molecule has 31 heavy (non-hydrogen) atoms. The minimum atomic E-state index is -4.37. The number of rotatable bonds is 4. The van der Waals surface area contributed by atoms with Gasteiger partial charge >= 0.3 is 6.18 Å². The molecule has 8 heteroatoms. The number of nitrogens with one attached hydrogen (secondary N) is 1. The summed E-state index contributed by atoms with van der Waals surface area (Å²) in [4.78, 5) is 16.3. The van der Waals surface area contributed by atoms with Crippen LogP contribution in [0.4, 0.5) is 13.2 Å². The van der Waals surface area contributed by atoms with Gasteiger partial charge in [0.05, 0.1) is 22.5 Å². The fraction of sp³-hybridized carbons (Fsp3) is 0.261. The van der Waals surface area contributed by atoms with Gasteiger partial charge in [-0.15, -0.1) is 0 Å². The molecule has 0 aliphatic heterocycles. The summed E-state index contributed by atoms with van der Waals surface area (Å²) in [6, 6.07) is 8.27. The largest absolute Gasteiger partial charge is 0.416 e. The van der Waals surface area contributed by atoms with Crippen LogP contribution in [0.3, 0.4) is 0 Å². The number of amides is 1. The highest BCUT2D eigenvalue weighted by molar-refractivity contribution is 5.94. The zero-order valence-electron chi connectivity index (χ0n) is 17.0. The lowest BCUT2D eigenvalue weighted by molar-refractivity contribution is -0.137. The first-order chi connectivity index (χ1) is 14.7. The lowest BCUT2D eigenvalue weighted by Crippen LogP contribution is -2.32. The van der Waals surface area contributed by atoms with E-state index in [0.29, 0.717) is 17.7 Å². The highest BCUT2D eigenvalue weighted by atomic mass is 19.4. The van der Waals surface area contributed by atoms with Gasteiger partial charge in [-0.25, -0.2) is 4.68 Å². The number of alkyl halides is 3. The summed E-state index contributed by atoms with van der Waals surface area (Å²) in [6.45, 7) is 3.79. The van der Waals surface area contributed by atoms with Crippen molar-refractivity contribution >= 4 is 5.91 Å². The Morgan fingerprint density at radius 1 is 1.13 bits per heavy atom. The van der Waals surface area contributed by atoms with Gasteiger partial charge in [-0.1, -0.05) is 12.2 Å². The molecule has 1 amide bonds. The molecule has 0 unspecified atom stereocenters. The van der Waals surface area contributed by atoms with Crippen molar-refractivity contribution in [2.45, 2.75) is 38.4 Å². The van der Waals surface area contributed by atoms with Gasteiger partial charge in [0.2, 0.25) is 0 Å². The van der Waals surface area contributed by atoms with Gasteiger partial charge in [-0.2, -0.15) is 18.3 Å². The maximum Gasteiger partial charge on any atom is 0.416 e. The third-order valence-electron chi connectivity index (χ3n) is 5.48. The predicted molar refractivity (Wildman–Crippen MR) is 110 cm³/mol. The Bertz CT molecular complexity index is 1120. The Kier molecular flexibility index (Phi) is 5.39. The van der Waals surface area contributed by atoms with E-state index in [0.717, 1.165) is 29.1 Å². The van der Waals surface area contributed by atoms with Crippen LogP contribution in [0, 0.1) is 13.8 Å². The maximum atomic E-state index is 12.8. The van der Waals surface area contributed by atoms with Crippen LogP contribution in [0.5, 0.6) is 0 Å². The smallest absolute Gasteiger partial charge is 0.346 e. The van der Waals surface area contributed by atoms with Crippen LogP contribution in [0.2, 0.25) is 0 Å². The Morgan fingerprint density at radius 2 is 1.87 bits per heavy atom. The molecule has 160 valence electrons. The number of hydrogen-bond acceptors (Lipinski definition) is 3. The summed E-state index contributed by atoms with van der Waals surface area (Å²) in [5, 5.41) is 7.55. The Morgan fingerprint density at radius 3 is 2.52 bits per heavy atom. The summed E-state index contributed by atoms with van der Waals surface area (Å²) < 4.78 is 40.2. The number of pyridine rings is 1. The Hall–Kier alpha value is -3.42. The molecule has 2 heterocycles. The fourth-order valence-electron chi connectivity index (χ4n) is 4.00. The molecule has 0 saturated carbocycles. The zero-order valence-corrected chi connectivity index (χ0v) is 17.0. The van der Waals surface area contributed by atoms with E-state index in [1.54, 1.807) is 23.0 Å². The van der Waals surface area contributed by atoms with E-state index in [1.807, 2.05) is 26.0 Å². The van der Waals surface area contributed by atoms with Crippen molar-refractivity contribution in [2.75, 3.05) is 0 Å². The van der Waals surface area contributed by atoms with Crippen LogP contribution in [0.1, 0.15) is 45.2 Å². The van der Waals surface area contributed by atoms with E-state index < -0.39 is 11.7 Å². The van der Waals surface area contributed by atoms with E-state index in [1.165, 1.54) is 18.3 Å². The van der Waals surface area contributed by atoms with E-state index in [-0.39, 0.29) is 17.9 Å². The fourth-order valence-corrected chi connectivity index (χ4v) is 4.00. The van der Waals surface area contributed by atoms with Gasteiger partial charge < -0.3 is 5.32 Å². The number of aryl methyl sites for hydroxylation is 1. The molecule has 0 bridgehead atoms. The monoisotopic (exact) mass is 426 g/mol. The summed E-state index contributed by atoms with van der Waals surface area (Å²) in [6.07, 6.45) is 3.46. The first kappa shape index (κ1) is 20.8. The second-order valence-corrected chi connectivity index (χ2v) is 7.59. The van der Waals surface area contributed by atoms with Crippen LogP contribution < -0.4 is 5.32 Å². The summed E-state index contributed by atoms with van der Waals surface area (Å²) in [5.41, 5.74) is 3.08. The van der Waals surface area contributed by atoms with Crippen LogP contribution in [-0.4, -0.2) is 26.7 Å². The van der Waals surface area contributed by atoms with Gasteiger partial charge in [0.1, 0.15) is 0 Å². The van der Waals surface area contributed by atoms with Crippen LogP contribution in [-0.2, 0) is 6.18 Å². The summed E-state index contributed by atoms with van der Waals surface area (Å²) in [7, 11) is 0. The van der Waals surface area contributed by atoms with Gasteiger partial charge in [-0.05, 0) is 56.7 Å². The third-order valence-corrected chi connectivity index (χ3v) is 5.48. The summed E-state index contributed by atoms with van der Waals surface area (Å²) in [5.74, 6) is -0.125. The summed E-state index contributed by atoms with van der Waals surface area (Å²) >= 11 is 0. The Labute approximate surface area is 177 Å². The molecule has 1 aliphatic rings. The second kappa shape index (κ2) is 8.02. The van der Waals surface area contributed by atoms with Crippen LogP contribution in [0.15, 0.2) is 60.9 Å². The molecule has 4 rings (SSSR count). The number of carbonyl (C=O) groups excluding carboxylic acids is 1. The quantitative estimate of drug-likeness (QED) is 0.613. The van der Waals surface area contributed by atoms with Gasteiger partial charge in [-0.3, -0.25) is 9.78 Å². The van der Waals surface area contributed by atoms with Crippen LogP contribution in [0.25, 0.3) is 5.69 Å². The molecule has 0 spiro atoms. The SMILES string of the molecule is Cc1nn(-c2ccc(C(F)(F)F)cc2)c(C)c1[C@@H]1C=C[C@@H](NC(=O)c2cccnc2)C1. The zero-order chi connectivity index (χ0) is 22.2. The van der Waals surface area contributed by atoms with E-state index >= 15 is 0 Å². The number of allylic oxidation sites excluding steroid dienone is 1. The predicted octanol–water partition coefficient (Wildman–Crippen LogP) is 4.75. The van der Waals surface area contributed by atoms with Crippen molar-refractivity contribution < 1.29 is 18.0 Å². The topological polar surface area (TPSA) is 59.8 Å². The maximum absolute atomic E-state index is 12.8. The van der Waals surface area contributed by atoms with Crippen molar-refractivity contribution in [1.82, 2.24) is 20.1 Å². The van der Waals surface area contributed by atoms with Gasteiger partial charge in [0.15, 0.2) is 0 Å². The standard InChI is InChI=1S/C23H21F3N4O/c1-14-21(15(2)30(29-14)20-9-6-18(7-10-20)23(24,25)26)16-5-8-19(12-16)28-22(31)17-4-3-11-27-13-17/h3-11,13,16,19H,12H2,1-2H3,(H,28,31)/t16-,19-/m1/s1. The lowest BCUT2D eigenvalue weighted by atomic mass is 9.96. The highest BCUT2D eigenvalue weighted by Gasteiger charge is 2.31. The van der Waals surface area contributed by atoms with Crippen molar-refractivity contribution in [3.8, 4) is 5.69 Å². The van der Waals surface area contributed by atoms with Gasteiger partial charge in [0.25, 0.3) is 5.91 Å². The van der Waals surface area contributed by atoms with Crippen molar-refractivity contribution in [3.05, 3.63) is 89.0 Å². The molecule has 3 aromatic rings. The average molecular weight is 426 g/mol. The molecule has 0 fully saturated rings. The number of hydrogen-bond donors (Lipinski definition) is 1. The number of halogens is 3. The van der Waals surface area contributed by atoms with E-state index in [4.69, 9.17) is 0 Å². The second-order valence-electron chi connectivity index (χ2n) is 7.59. The minimum Gasteiger partial charge on any atom is -0.346 e. The molecule has 1 aliphatic carbocycles. The average Bonchev–Trinajstić information content (AvgIpc) is 3.31. The Balaban J connectivity index is 1.51. The number of carbonyl (C=O) groups is 1. The lowest BCUT2D eigenvalue weighted by Gasteiger charge is -2.15. The molecule has 5 nitrogen and oxygen atoms in total. The molecule has 0 saturated heterocycles. The number of benzene rings is 1. The molecule has 1 aromatic carbocycles. The molecule has 1 N–H and O–H groups in total. The first-order valence-corrected chi connectivity index (χ1v) is 9.87.